The van der Waals surface area contributed by atoms with Crippen molar-refractivity contribution < 1.29 is 9.53 Å². The number of hydrogen-bond donors (Lipinski definition) is 2. The molecule has 8 heteroatoms. The van der Waals surface area contributed by atoms with Gasteiger partial charge in [-0.3, -0.25) is 0 Å². The van der Waals surface area contributed by atoms with Gasteiger partial charge in [-0.2, -0.15) is 15.8 Å². The van der Waals surface area contributed by atoms with Gasteiger partial charge in [0.05, 0.1) is 0 Å². The van der Waals surface area contributed by atoms with Crippen LogP contribution >= 0.6 is 0 Å². The van der Waals surface area contributed by atoms with E-state index in [1.807, 2.05) is 48.5 Å². The number of piperidine rings is 1. The zero-order valence-corrected chi connectivity index (χ0v) is 17.4. The van der Waals surface area contributed by atoms with E-state index in [0.29, 0.717) is 18.8 Å². The average Bonchev–Trinajstić information content (AvgIpc) is 2.84. The summed E-state index contributed by atoms with van der Waals surface area (Å²) in [5, 5.41) is 33.2. The SMILES string of the molecule is N#CC(C#N)=C(C#N)Nc1ccc(NC2CCN(C(=O)OCc3ccccc3)CC2)cc1. The van der Waals surface area contributed by atoms with E-state index in [1.54, 1.807) is 29.2 Å². The number of likely N-dealkylation sites (tertiary alicyclic amines) is 1. The van der Waals surface area contributed by atoms with E-state index in [-0.39, 0.29) is 30.0 Å². The minimum Gasteiger partial charge on any atom is -0.445 e. The molecule has 0 aromatic heterocycles. The summed E-state index contributed by atoms with van der Waals surface area (Å²) in [6.07, 6.45) is 1.31. The molecule has 160 valence electrons. The molecule has 2 aromatic carbocycles. The van der Waals surface area contributed by atoms with Crippen molar-refractivity contribution in [2.75, 3.05) is 23.7 Å². The Hall–Kier alpha value is -4.48. The van der Waals surface area contributed by atoms with E-state index in [4.69, 9.17) is 20.5 Å². The van der Waals surface area contributed by atoms with Crippen LogP contribution < -0.4 is 10.6 Å². The van der Waals surface area contributed by atoms with Gasteiger partial charge in [0.1, 0.15) is 30.5 Å². The van der Waals surface area contributed by atoms with Crippen molar-refractivity contribution in [1.29, 1.82) is 15.8 Å². The van der Waals surface area contributed by atoms with Gasteiger partial charge in [-0.25, -0.2) is 4.79 Å². The Morgan fingerprint density at radius 1 is 0.938 bits per heavy atom. The van der Waals surface area contributed by atoms with Crippen LogP contribution in [0.15, 0.2) is 65.9 Å². The molecular weight excluding hydrogens is 404 g/mol. The fourth-order valence-corrected chi connectivity index (χ4v) is 3.33. The van der Waals surface area contributed by atoms with Crippen LogP contribution in [0.25, 0.3) is 0 Å². The van der Waals surface area contributed by atoms with Crippen molar-refractivity contribution in [2.45, 2.75) is 25.5 Å². The van der Waals surface area contributed by atoms with Crippen molar-refractivity contribution in [1.82, 2.24) is 4.90 Å². The Kier molecular flexibility index (Phi) is 7.68. The Balaban J connectivity index is 1.46. The third kappa shape index (κ3) is 6.01. The second-order valence-electron chi connectivity index (χ2n) is 7.23. The lowest BCUT2D eigenvalue weighted by atomic mass is 10.0. The standard InChI is InChI=1S/C24H22N6O2/c25-14-19(15-26)23(16-27)29-21-8-6-20(7-9-21)28-22-10-12-30(13-11-22)24(31)32-17-18-4-2-1-3-5-18/h1-9,22,28-29H,10-13,17H2. The lowest BCUT2D eigenvalue weighted by Gasteiger charge is -2.32. The number of ether oxygens (including phenoxy) is 1. The summed E-state index contributed by atoms with van der Waals surface area (Å²) in [4.78, 5) is 14.0. The minimum atomic E-state index is -0.293. The molecule has 2 N–H and O–H groups in total. The molecule has 3 rings (SSSR count). The van der Waals surface area contributed by atoms with E-state index >= 15 is 0 Å². The number of carbonyl (C=O) groups is 1. The highest BCUT2D eigenvalue weighted by molar-refractivity contribution is 5.68. The topological polar surface area (TPSA) is 125 Å². The summed E-state index contributed by atoms with van der Waals surface area (Å²) in [5.41, 5.74) is 2.13. The first-order valence-electron chi connectivity index (χ1n) is 10.2. The predicted molar refractivity (Wildman–Crippen MR) is 119 cm³/mol. The number of amides is 1. The summed E-state index contributed by atoms with van der Waals surface area (Å²) in [6.45, 7) is 1.50. The molecule has 0 unspecified atom stereocenters. The molecule has 0 atom stereocenters. The number of carbonyl (C=O) groups excluding carboxylic acids is 1. The first-order valence-corrected chi connectivity index (χ1v) is 10.2. The molecule has 1 aliphatic heterocycles. The van der Waals surface area contributed by atoms with Gasteiger partial charge in [0.2, 0.25) is 0 Å². The molecule has 8 nitrogen and oxygen atoms in total. The Bertz CT molecular complexity index is 1070. The van der Waals surface area contributed by atoms with Crippen LogP contribution in [0.5, 0.6) is 0 Å². The first-order chi connectivity index (χ1) is 15.6. The van der Waals surface area contributed by atoms with Gasteiger partial charge >= 0.3 is 6.09 Å². The molecule has 1 aliphatic rings. The highest BCUT2D eigenvalue weighted by atomic mass is 16.6. The lowest BCUT2D eigenvalue weighted by molar-refractivity contribution is 0.0882. The quantitative estimate of drug-likeness (QED) is 0.665. The second-order valence-corrected chi connectivity index (χ2v) is 7.23. The Morgan fingerprint density at radius 2 is 1.56 bits per heavy atom. The number of allylic oxidation sites excluding steroid dienone is 2. The normalized spacial score (nSPS) is 13.1. The minimum absolute atomic E-state index is 0.0813. The molecule has 0 spiro atoms. The summed E-state index contributed by atoms with van der Waals surface area (Å²) < 4.78 is 5.40. The van der Waals surface area contributed by atoms with Crippen LogP contribution in [0, 0.1) is 34.0 Å². The maximum Gasteiger partial charge on any atom is 0.410 e. The van der Waals surface area contributed by atoms with Crippen LogP contribution in [0.3, 0.4) is 0 Å². The van der Waals surface area contributed by atoms with Crippen molar-refractivity contribution >= 4 is 17.5 Å². The van der Waals surface area contributed by atoms with Crippen molar-refractivity contribution in [3.63, 3.8) is 0 Å². The van der Waals surface area contributed by atoms with Gasteiger partial charge in [0.15, 0.2) is 5.57 Å². The number of nitriles is 3. The molecule has 0 radical (unpaired) electrons. The summed E-state index contributed by atoms with van der Waals surface area (Å²) >= 11 is 0. The van der Waals surface area contributed by atoms with Gasteiger partial charge in [0.25, 0.3) is 0 Å². The monoisotopic (exact) mass is 426 g/mol. The molecule has 0 saturated carbocycles. The molecule has 2 aromatic rings. The molecule has 0 bridgehead atoms. The van der Waals surface area contributed by atoms with Crippen LogP contribution in [0.4, 0.5) is 16.2 Å². The second kappa shape index (κ2) is 11.1. The summed E-state index contributed by atoms with van der Waals surface area (Å²) in [5.74, 6) is 0. The van der Waals surface area contributed by atoms with E-state index in [1.165, 1.54) is 0 Å². The molecule has 1 heterocycles. The van der Waals surface area contributed by atoms with E-state index in [0.717, 1.165) is 24.1 Å². The van der Waals surface area contributed by atoms with Crippen LogP contribution in [-0.2, 0) is 11.3 Å². The fourth-order valence-electron chi connectivity index (χ4n) is 3.33. The number of anilines is 2. The van der Waals surface area contributed by atoms with E-state index in [2.05, 4.69) is 10.6 Å². The Morgan fingerprint density at radius 3 is 2.16 bits per heavy atom. The van der Waals surface area contributed by atoms with Gasteiger partial charge in [-0.15, -0.1) is 0 Å². The van der Waals surface area contributed by atoms with Gasteiger partial charge in [-0.05, 0) is 42.7 Å². The summed E-state index contributed by atoms with van der Waals surface area (Å²) in [7, 11) is 0. The number of hydrogen-bond acceptors (Lipinski definition) is 7. The number of nitrogens with one attached hydrogen (secondary N) is 2. The predicted octanol–water partition coefficient (Wildman–Crippen LogP) is 4.14. The van der Waals surface area contributed by atoms with E-state index < -0.39 is 0 Å². The van der Waals surface area contributed by atoms with Gasteiger partial charge in [0, 0.05) is 30.5 Å². The fraction of sp³-hybridized carbons (Fsp3) is 0.250. The molecule has 1 fully saturated rings. The smallest absolute Gasteiger partial charge is 0.410 e. The maximum absolute atomic E-state index is 12.3. The third-order valence-electron chi connectivity index (χ3n) is 5.07. The zero-order chi connectivity index (χ0) is 22.8. The largest absolute Gasteiger partial charge is 0.445 e. The maximum atomic E-state index is 12.3. The Labute approximate surface area is 186 Å². The summed E-state index contributed by atoms with van der Waals surface area (Å²) in [6, 6.07) is 22.3. The lowest BCUT2D eigenvalue weighted by Crippen LogP contribution is -2.42. The van der Waals surface area contributed by atoms with Crippen LogP contribution in [0.1, 0.15) is 18.4 Å². The first kappa shape index (κ1) is 22.2. The molecule has 0 aliphatic carbocycles. The zero-order valence-electron chi connectivity index (χ0n) is 17.4. The highest BCUT2D eigenvalue weighted by Gasteiger charge is 2.23. The van der Waals surface area contributed by atoms with Gasteiger partial charge < -0.3 is 20.3 Å². The van der Waals surface area contributed by atoms with Crippen LogP contribution in [-0.4, -0.2) is 30.1 Å². The van der Waals surface area contributed by atoms with Crippen molar-refractivity contribution in [3.8, 4) is 18.2 Å². The molecular formula is C24H22N6O2. The number of benzene rings is 2. The number of rotatable bonds is 6. The molecule has 32 heavy (non-hydrogen) atoms. The number of nitrogens with zero attached hydrogens (tertiary/aromatic N) is 4. The van der Waals surface area contributed by atoms with E-state index in [9.17, 15) is 4.79 Å². The van der Waals surface area contributed by atoms with Crippen molar-refractivity contribution in [2.24, 2.45) is 0 Å². The molecule has 1 saturated heterocycles. The molecule has 1 amide bonds. The van der Waals surface area contributed by atoms with Crippen molar-refractivity contribution in [3.05, 3.63) is 71.4 Å². The van der Waals surface area contributed by atoms with Gasteiger partial charge in [-0.1, -0.05) is 30.3 Å². The highest BCUT2D eigenvalue weighted by Crippen LogP contribution is 2.20. The van der Waals surface area contributed by atoms with Crippen LogP contribution in [0.2, 0.25) is 0 Å². The third-order valence-corrected chi connectivity index (χ3v) is 5.07. The average molecular weight is 426 g/mol.